The van der Waals surface area contributed by atoms with E-state index in [-0.39, 0.29) is 0 Å². The van der Waals surface area contributed by atoms with Gasteiger partial charge in [-0.15, -0.1) is 0 Å². The minimum Gasteiger partial charge on any atom is -0.309 e. The van der Waals surface area contributed by atoms with Gasteiger partial charge >= 0.3 is 0 Å². The third kappa shape index (κ3) is 2.94. The van der Waals surface area contributed by atoms with E-state index in [2.05, 4.69) is 18.3 Å². The first-order valence-corrected chi connectivity index (χ1v) is 8.08. The maximum absolute atomic E-state index is 6.12. The summed E-state index contributed by atoms with van der Waals surface area (Å²) >= 11 is 12.1. The van der Waals surface area contributed by atoms with Gasteiger partial charge in [0.1, 0.15) is 0 Å². The third-order valence-electron chi connectivity index (χ3n) is 4.79. The van der Waals surface area contributed by atoms with Crippen LogP contribution in [0.25, 0.3) is 0 Å². The molecule has 104 valence electrons. The Morgan fingerprint density at radius 3 is 2.53 bits per heavy atom. The largest absolute Gasteiger partial charge is 0.309 e. The van der Waals surface area contributed by atoms with E-state index >= 15 is 0 Å². The van der Waals surface area contributed by atoms with Crippen LogP contribution in [-0.2, 0) is 0 Å². The van der Waals surface area contributed by atoms with Crippen molar-refractivity contribution in [2.24, 2.45) is 11.3 Å². The average Bonchev–Trinajstić information content (AvgIpc) is 3.27. The molecule has 0 saturated heterocycles. The van der Waals surface area contributed by atoms with Crippen LogP contribution in [0.5, 0.6) is 0 Å². The van der Waals surface area contributed by atoms with E-state index in [1.807, 2.05) is 12.1 Å². The fourth-order valence-corrected chi connectivity index (χ4v) is 3.45. The lowest BCUT2D eigenvalue weighted by atomic mass is 9.98. The van der Waals surface area contributed by atoms with Crippen LogP contribution >= 0.6 is 23.2 Å². The van der Waals surface area contributed by atoms with Crippen molar-refractivity contribution in [1.82, 2.24) is 5.32 Å². The Kier molecular flexibility index (Phi) is 3.81. The Bertz CT molecular complexity index is 464. The third-order valence-corrected chi connectivity index (χ3v) is 5.53. The molecule has 1 atom stereocenters. The Morgan fingerprint density at radius 1 is 1.26 bits per heavy atom. The minimum absolute atomic E-state index is 0.394. The molecule has 0 bridgehead atoms. The SMILES string of the molecule is CCC(NCC1(C2CC2)CC1)c1ccc(Cl)c(Cl)c1. The number of hydrogen-bond donors (Lipinski definition) is 1. The predicted molar refractivity (Wildman–Crippen MR) is 81.9 cm³/mol. The first kappa shape index (κ1) is 13.7. The summed E-state index contributed by atoms with van der Waals surface area (Å²) in [5.41, 5.74) is 1.90. The molecule has 1 N–H and O–H groups in total. The molecule has 1 aromatic carbocycles. The van der Waals surface area contributed by atoms with Crippen molar-refractivity contribution in [3.05, 3.63) is 33.8 Å². The summed E-state index contributed by atoms with van der Waals surface area (Å²) < 4.78 is 0. The van der Waals surface area contributed by atoms with Crippen LogP contribution in [0, 0.1) is 11.3 Å². The lowest BCUT2D eigenvalue weighted by Crippen LogP contribution is -2.29. The number of halogens is 2. The Morgan fingerprint density at radius 2 is 2.00 bits per heavy atom. The van der Waals surface area contributed by atoms with Gasteiger partial charge in [-0.1, -0.05) is 36.2 Å². The van der Waals surface area contributed by atoms with Gasteiger partial charge in [-0.2, -0.15) is 0 Å². The average molecular weight is 298 g/mol. The molecule has 1 aromatic rings. The molecule has 0 aliphatic heterocycles. The van der Waals surface area contributed by atoms with Crippen molar-refractivity contribution >= 4 is 23.2 Å². The highest BCUT2D eigenvalue weighted by Crippen LogP contribution is 2.61. The van der Waals surface area contributed by atoms with Crippen LogP contribution in [0.1, 0.15) is 50.6 Å². The molecule has 0 aromatic heterocycles. The molecule has 2 aliphatic carbocycles. The standard InChI is InChI=1S/C16H21Cl2N/c1-2-15(11-3-6-13(17)14(18)9-11)19-10-16(7-8-16)12-4-5-12/h3,6,9,12,15,19H,2,4-5,7-8,10H2,1H3. The summed E-state index contributed by atoms with van der Waals surface area (Å²) in [4.78, 5) is 0. The highest BCUT2D eigenvalue weighted by atomic mass is 35.5. The van der Waals surface area contributed by atoms with E-state index in [0.29, 0.717) is 21.5 Å². The maximum atomic E-state index is 6.12. The Hall–Kier alpha value is -0.240. The van der Waals surface area contributed by atoms with Crippen LogP contribution in [0.15, 0.2) is 18.2 Å². The molecule has 2 aliphatic rings. The summed E-state index contributed by atoms with van der Waals surface area (Å²) in [7, 11) is 0. The molecule has 0 amide bonds. The molecule has 1 nitrogen and oxygen atoms in total. The van der Waals surface area contributed by atoms with E-state index in [0.717, 1.165) is 18.9 Å². The van der Waals surface area contributed by atoms with Crippen molar-refractivity contribution in [3.8, 4) is 0 Å². The van der Waals surface area contributed by atoms with Gasteiger partial charge in [0.25, 0.3) is 0 Å². The molecule has 3 rings (SSSR count). The first-order chi connectivity index (χ1) is 9.14. The van der Waals surface area contributed by atoms with Crippen molar-refractivity contribution in [1.29, 1.82) is 0 Å². The van der Waals surface area contributed by atoms with E-state index in [1.165, 1.54) is 31.2 Å². The lowest BCUT2D eigenvalue weighted by Gasteiger charge is -2.22. The smallest absolute Gasteiger partial charge is 0.0595 e. The normalized spacial score (nSPS) is 22.3. The maximum Gasteiger partial charge on any atom is 0.0595 e. The highest BCUT2D eigenvalue weighted by molar-refractivity contribution is 6.42. The number of rotatable bonds is 6. The molecule has 2 fully saturated rings. The molecule has 0 heterocycles. The van der Waals surface area contributed by atoms with Crippen LogP contribution in [0.2, 0.25) is 10.0 Å². The van der Waals surface area contributed by atoms with Crippen molar-refractivity contribution < 1.29 is 0 Å². The fraction of sp³-hybridized carbons (Fsp3) is 0.625. The van der Waals surface area contributed by atoms with Gasteiger partial charge in [0.2, 0.25) is 0 Å². The summed E-state index contributed by atoms with van der Waals surface area (Å²) in [5, 5.41) is 5.05. The zero-order valence-electron chi connectivity index (χ0n) is 11.4. The quantitative estimate of drug-likeness (QED) is 0.758. The molecule has 19 heavy (non-hydrogen) atoms. The van der Waals surface area contributed by atoms with Crippen LogP contribution in [-0.4, -0.2) is 6.54 Å². The van der Waals surface area contributed by atoms with Crippen LogP contribution in [0.3, 0.4) is 0 Å². The minimum atomic E-state index is 0.394. The van der Waals surface area contributed by atoms with Gasteiger partial charge in [0.05, 0.1) is 10.0 Å². The number of benzene rings is 1. The van der Waals surface area contributed by atoms with E-state index in [4.69, 9.17) is 23.2 Å². The fourth-order valence-electron chi connectivity index (χ4n) is 3.14. The molecular weight excluding hydrogens is 277 g/mol. The number of nitrogens with one attached hydrogen (secondary N) is 1. The molecule has 0 radical (unpaired) electrons. The second-order valence-corrected chi connectivity index (χ2v) is 6.97. The topological polar surface area (TPSA) is 12.0 Å². The lowest BCUT2D eigenvalue weighted by molar-refractivity contribution is 0.370. The van der Waals surface area contributed by atoms with Gasteiger partial charge < -0.3 is 5.32 Å². The molecule has 3 heteroatoms. The van der Waals surface area contributed by atoms with Crippen molar-refractivity contribution in [2.75, 3.05) is 6.54 Å². The van der Waals surface area contributed by atoms with E-state index in [9.17, 15) is 0 Å². The molecular formula is C16H21Cl2N. The van der Waals surface area contributed by atoms with Gasteiger partial charge in [-0.25, -0.2) is 0 Å². The van der Waals surface area contributed by atoms with E-state index in [1.54, 1.807) is 0 Å². The monoisotopic (exact) mass is 297 g/mol. The second kappa shape index (κ2) is 5.27. The van der Waals surface area contributed by atoms with Gasteiger partial charge in [-0.05, 0) is 61.1 Å². The summed E-state index contributed by atoms with van der Waals surface area (Å²) in [6.45, 7) is 3.38. The van der Waals surface area contributed by atoms with Crippen molar-refractivity contribution in [3.63, 3.8) is 0 Å². The highest BCUT2D eigenvalue weighted by Gasteiger charge is 2.53. The zero-order chi connectivity index (χ0) is 13.5. The molecule has 2 saturated carbocycles. The van der Waals surface area contributed by atoms with Crippen molar-refractivity contribution in [2.45, 2.75) is 45.1 Å². The van der Waals surface area contributed by atoms with Crippen LogP contribution < -0.4 is 5.32 Å². The molecule has 1 unspecified atom stereocenters. The number of hydrogen-bond acceptors (Lipinski definition) is 1. The first-order valence-electron chi connectivity index (χ1n) is 7.33. The Labute approximate surface area is 125 Å². The van der Waals surface area contributed by atoms with E-state index < -0.39 is 0 Å². The zero-order valence-corrected chi connectivity index (χ0v) is 12.9. The van der Waals surface area contributed by atoms with Crippen LogP contribution in [0.4, 0.5) is 0 Å². The second-order valence-electron chi connectivity index (χ2n) is 6.15. The van der Waals surface area contributed by atoms with Gasteiger partial charge in [0.15, 0.2) is 0 Å². The van der Waals surface area contributed by atoms with Gasteiger partial charge in [-0.3, -0.25) is 0 Å². The summed E-state index contributed by atoms with van der Waals surface area (Å²) in [6, 6.07) is 6.39. The van der Waals surface area contributed by atoms with Gasteiger partial charge in [0, 0.05) is 12.6 Å². The Balaban J connectivity index is 1.65. The summed E-state index contributed by atoms with van der Waals surface area (Å²) in [6.07, 6.45) is 6.82. The summed E-state index contributed by atoms with van der Waals surface area (Å²) in [5.74, 6) is 1.01. The predicted octanol–water partition coefficient (Wildman–Crippen LogP) is 5.22. The molecule has 0 spiro atoms.